The molecule has 0 radical (unpaired) electrons. The number of fused-ring (bicyclic) bond motifs is 6. The first-order valence-corrected chi connectivity index (χ1v) is 14.4. The van der Waals surface area contributed by atoms with E-state index in [-0.39, 0.29) is 0 Å². The van der Waals surface area contributed by atoms with Gasteiger partial charge in [-0.2, -0.15) is 0 Å². The molecule has 3 heteroatoms. The van der Waals surface area contributed by atoms with E-state index in [9.17, 15) is 0 Å². The average molecular weight is 473 g/mol. The Morgan fingerprint density at radius 3 is 1.67 bits per heavy atom. The first-order chi connectivity index (χ1) is 16.3. The summed E-state index contributed by atoms with van der Waals surface area (Å²) in [6, 6.07) is 14.5. The Bertz CT molecular complexity index is 1240. The van der Waals surface area contributed by atoms with Gasteiger partial charge in [0.15, 0.2) is 0 Å². The molecular formula is C30H32OS2. The fourth-order valence-electron chi connectivity index (χ4n) is 5.51. The molecule has 0 bridgehead atoms. The minimum atomic E-state index is 0.883. The predicted octanol–water partition coefficient (Wildman–Crippen LogP) is 9.74. The molecule has 0 unspecified atom stereocenters. The molecule has 0 spiro atoms. The molecule has 2 aromatic heterocycles. The molecule has 2 heterocycles. The average Bonchev–Trinajstić information content (AvgIpc) is 3.56. The summed E-state index contributed by atoms with van der Waals surface area (Å²) in [6.07, 6.45) is 9.73. The van der Waals surface area contributed by atoms with Gasteiger partial charge in [-0.15, -0.1) is 22.7 Å². The number of aryl methyl sites for hydroxylation is 2. The second-order valence-electron chi connectivity index (χ2n) is 9.51. The Hall–Kier alpha value is -1.94. The Balaban J connectivity index is 1.25. The Morgan fingerprint density at radius 1 is 0.576 bits per heavy atom. The van der Waals surface area contributed by atoms with Crippen LogP contribution in [0.1, 0.15) is 62.1 Å². The second-order valence-corrected chi connectivity index (χ2v) is 11.8. The Labute approximate surface area is 205 Å². The molecule has 33 heavy (non-hydrogen) atoms. The van der Waals surface area contributed by atoms with Crippen molar-refractivity contribution in [2.75, 3.05) is 13.2 Å². The van der Waals surface area contributed by atoms with Gasteiger partial charge >= 0.3 is 0 Å². The van der Waals surface area contributed by atoms with Crippen LogP contribution in [0.5, 0.6) is 0 Å². The van der Waals surface area contributed by atoms with Crippen LogP contribution in [0.25, 0.3) is 53.9 Å². The monoisotopic (exact) mass is 472 g/mol. The van der Waals surface area contributed by atoms with E-state index in [0.29, 0.717) is 0 Å². The molecular weight excluding hydrogens is 440 g/mol. The summed E-state index contributed by atoms with van der Waals surface area (Å²) in [7, 11) is 0. The van der Waals surface area contributed by atoms with E-state index >= 15 is 0 Å². The predicted molar refractivity (Wildman–Crippen MR) is 146 cm³/mol. The summed E-state index contributed by atoms with van der Waals surface area (Å²) >= 11 is 4.02. The lowest BCUT2D eigenvalue weighted by Crippen LogP contribution is -1.98. The molecule has 0 fully saturated rings. The SMILES string of the molecule is CCCCCOCCCc1cc2c(s1)-c1ccc3c4c(ccc-2c14)-c1cc(CCCC)sc1-3. The van der Waals surface area contributed by atoms with Crippen molar-refractivity contribution in [3.8, 4) is 43.1 Å². The van der Waals surface area contributed by atoms with Crippen LogP contribution < -0.4 is 0 Å². The zero-order chi connectivity index (χ0) is 22.4. The summed E-state index contributed by atoms with van der Waals surface area (Å²) < 4.78 is 5.83. The third-order valence-electron chi connectivity index (χ3n) is 7.18. The van der Waals surface area contributed by atoms with Crippen LogP contribution in [-0.2, 0) is 17.6 Å². The highest BCUT2D eigenvalue weighted by molar-refractivity contribution is 7.17. The lowest BCUT2D eigenvalue weighted by Gasteiger charge is -2.07. The van der Waals surface area contributed by atoms with Crippen molar-refractivity contribution in [1.82, 2.24) is 0 Å². The Morgan fingerprint density at radius 2 is 1.09 bits per heavy atom. The van der Waals surface area contributed by atoms with Gasteiger partial charge in [0, 0.05) is 55.0 Å². The number of hydrogen-bond donors (Lipinski definition) is 0. The first kappa shape index (κ1) is 21.6. The standard InChI is InChI=1S/C30H32OS2/c1-3-5-7-15-31-16-8-10-20-18-26-22-12-11-21-25-17-19(9-6-4-2)32-29(25)23-13-14-24(30(26)33-20)28(22)27(21)23/h11-14,17-18H,3-10,15-16H2,1-2H3. The smallest absolute Gasteiger partial charge is 0.0469 e. The maximum atomic E-state index is 5.83. The number of rotatable bonds is 11. The molecule has 4 aromatic rings. The summed E-state index contributed by atoms with van der Waals surface area (Å²) in [5.74, 6) is 0. The Kier molecular flexibility index (Phi) is 5.90. The molecule has 0 atom stereocenters. The molecule has 0 amide bonds. The quantitative estimate of drug-likeness (QED) is 0.170. The van der Waals surface area contributed by atoms with Crippen LogP contribution in [0.2, 0.25) is 0 Å². The first-order valence-electron chi connectivity index (χ1n) is 12.7. The largest absolute Gasteiger partial charge is 0.381 e. The van der Waals surface area contributed by atoms with Crippen molar-refractivity contribution < 1.29 is 4.74 Å². The van der Waals surface area contributed by atoms with E-state index < -0.39 is 0 Å². The maximum absolute atomic E-state index is 5.83. The van der Waals surface area contributed by atoms with Gasteiger partial charge in [-0.3, -0.25) is 0 Å². The van der Waals surface area contributed by atoms with Crippen molar-refractivity contribution in [1.29, 1.82) is 0 Å². The zero-order valence-corrected chi connectivity index (χ0v) is 21.4. The van der Waals surface area contributed by atoms with Crippen molar-refractivity contribution >= 4 is 33.4 Å². The van der Waals surface area contributed by atoms with Crippen LogP contribution in [0.4, 0.5) is 0 Å². The topological polar surface area (TPSA) is 9.23 Å². The lowest BCUT2D eigenvalue weighted by molar-refractivity contribution is 0.128. The van der Waals surface area contributed by atoms with Crippen LogP contribution in [0.15, 0.2) is 36.4 Å². The summed E-state index contributed by atoms with van der Waals surface area (Å²) in [6.45, 7) is 6.32. The minimum Gasteiger partial charge on any atom is -0.381 e. The normalized spacial score (nSPS) is 12.7. The summed E-state index contributed by atoms with van der Waals surface area (Å²) in [5.41, 5.74) is 8.74. The molecule has 170 valence electrons. The van der Waals surface area contributed by atoms with Gasteiger partial charge < -0.3 is 4.74 Å². The highest BCUT2D eigenvalue weighted by Gasteiger charge is 2.31. The maximum Gasteiger partial charge on any atom is 0.0469 e. The molecule has 0 saturated heterocycles. The fourth-order valence-corrected chi connectivity index (χ4v) is 8.00. The molecule has 2 aliphatic carbocycles. The van der Waals surface area contributed by atoms with E-state index in [4.69, 9.17) is 4.74 Å². The van der Waals surface area contributed by atoms with Crippen LogP contribution in [0.3, 0.4) is 0 Å². The number of ether oxygens (including phenoxy) is 1. The minimum absolute atomic E-state index is 0.883. The van der Waals surface area contributed by atoms with Crippen LogP contribution in [0, 0.1) is 0 Å². The van der Waals surface area contributed by atoms with Crippen molar-refractivity contribution in [2.45, 2.75) is 65.2 Å². The number of thiophene rings is 2. The molecule has 6 rings (SSSR count). The summed E-state index contributed by atoms with van der Waals surface area (Å²) in [4.78, 5) is 6.02. The fraction of sp³-hybridized carbons (Fsp3) is 0.400. The van der Waals surface area contributed by atoms with Gasteiger partial charge in [0.25, 0.3) is 0 Å². The molecule has 2 aromatic carbocycles. The van der Waals surface area contributed by atoms with Gasteiger partial charge in [-0.25, -0.2) is 0 Å². The third-order valence-corrected chi connectivity index (χ3v) is 9.63. The van der Waals surface area contributed by atoms with Gasteiger partial charge in [-0.05, 0) is 66.1 Å². The summed E-state index contributed by atoms with van der Waals surface area (Å²) in [5, 5.41) is 2.99. The molecule has 0 saturated carbocycles. The molecule has 2 aliphatic rings. The van der Waals surface area contributed by atoms with E-state index in [1.165, 1.54) is 97.3 Å². The number of benzene rings is 2. The number of hydrogen-bond acceptors (Lipinski definition) is 3. The van der Waals surface area contributed by atoms with Gasteiger partial charge in [0.1, 0.15) is 0 Å². The van der Waals surface area contributed by atoms with Crippen LogP contribution in [-0.4, -0.2) is 13.2 Å². The van der Waals surface area contributed by atoms with Crippen molar-refractivity contribution in [3.05, 3.63) is 46.2 Å². The van der Waals surface area contributed by atoms with Gasteiger partial charge in [0.05, 0.1) is 0 Å². The van der Waals surface area contributed by atoms with Crippen molar-refractivity contribution in [3.63, 3.8) is 0 Å². The highest BCUT2D eigenvalue weighted by atomic mass is 32.1. The van der Waals surface area contributed by atoms with E-state index in [1.54, 1.807) is 4.88 Å². The third kappa shape index (κ3) is 3.60. The zero-order valence-electron chi connectivity index (χ0n) is 19.8. The van der Waals surface area contributed by atoms with E-state index in [2.05, 4.69) is 50.2 Å². The highest BCUT2D eigenvalue weighted by Crippen LogP contribution is 2.59. The number of unbranched alkanes of at least 4 members (excludes halogenated alkanes) is 3. The van der Waals surface area contributed by atoms with Gasteiger partial charge in [-0.1, -0.05) is 57.4 Å². The van der Waals surface area contributed by atoms with E-state index in [0.717, 1.165) is 26.1 Å². The van der Waals surface area contributed by atoms with Gasteiger partial charge in [0.2, 0.25) is 0 Å². The second kappa shape index (κ2) is 9.02. The van der Waals surface area contributed by atoms with E-state index in [1.807, 2.05) is 22.7 Å². The van der Waals surface area contributed by atoms with Crippen LogP contribution >= 0.6 is 22.7 Å². The lowest BCUT2D eigenvalue weighted by atomic mass is 9.97. The molecule has 0 aliphatic heterocycles. The van der Waals surface area contributed by atoms with Crippen molar-refractivity contribution in [2.24, 2.45) is 0 Å². The molecule has 1 nitrogen and oxygen atoms in total. The molecule has 0 N–H and O–H groups in total.